The molecule has 0 aliphatic rings. The standard InChI is InChI=1S/C11H24N2O/c1-3-5-6-8-13-11(14)9-10(12)7-4-2/h10H,3-9,12H2,1-2H3,(H,13,14). The van der Waals surface area contributed by atoms with Gasteiger partial charge in [0.05, 0.1) is 0 Å². The van der Waals surface area contributed by atoms with Gasteiger partial charge in [-0.15, -0.1) is 0 Å². The molecule has 0 bridgehead atoms. The average molecular weight is 200 g/mol. The minimum absolute atomic E-state index is 0.0335. The molecule has 0 saturated carbocycles. The molecule has 0 radical (unpaired) electrons. The Labute approximate surface area is 87.4 Å². The van der Waals surface area contributed by atoms with Crippen LogP contribution in [-0.4, -0.2) is 18.5 Å². The van der Waals surface area contributed by atoms with Crippen molar-refractivity contribution < 1.29 is 4.79 Å². The summed E-state index contributed by atoms with van der Waals surface area (Å²) in [6, 6.07) is 0.0335. The summed E-state index contributed by atoms with van der Waals surface area (Å²) < 4.78 is 0. The molecule has 14 heavy (non-hydrogen) atoms. The topological polar surface area (TPSA) is 55.1 Å². The summed E-state index contributed by atoms with van der Waals surface area (Å²) in [4.78, 5) is 11.3. The molecule has 0 aliphatic heterocycles. The number of rotatable bonds is 8. The maximum absolute atomic E-state index is 11.3. The largest absolute Gasteiger partial charge is 0.356 e. The molecule has 1 unspecified atom stereocenters. The predicted molar refractivity (Wildman–Crippen MR) is 60.0 cm³/mol. The van der Waals surface area contributed by atoms with Crippen molar-refractivity contribution in [2.75, 3.05) is 6.54 Å². The molecule has 0 aromatic rings. The zero-order chi connectivity index (χ0) is 10.8. The van der Waals surface area contributed by atoms with Gasteiger partial charge in [-0.1, -0.05) is 33.1 Å². The quantitative estimate of drug-likeness (QED) is 0.587. The summed E-state index contributed by atoms with van der Waals surface area (Å²) in [5, 5.41) is 2.89. The van der Waals surface area contributed by atoms with Gasteiger partial charge in [0, 0.05) is 19.0 Å². The van der Waals surface area contributed by atoms with E-state index in [-0.39, 0.29) is 11.9 Å². The number of unbranched alkanes of at least 4 members (excludes halogenated alkanes) is 2. The first kappa shape index (κ1) is 13.4. The Kier molecular flexibility index (Phi) is 8.64. The van der Waals surface area contributed by atoms with Crippen LogP contribution in [0.5, 0.6) is 0 Å². The molecule has 0 aliphatic carbocycles. The third-order valence-corrected chi connectivity index (χ3v) is 2.21. The lowest BCUT2D eigenvalue weighted by Crippen LogP contribution is -2.32. The van der Waals surface area contributed by atoms with Crippen LogP contribution in [-0.2, 0) is 4.79 Å². The Morgan fingerprint density at radius 1 is 1.29 bits per heavy atom. The van der Waals surface area contributed by atoms with E-state index in [1.165, 1.54) is 12.8 Å². The lowest BCUT2D eigenvalue weighted by atomic mass is 10.1. The number of nitrogens with one attached hydrogen (secondary N) is 1. The van der Waals surface area contributed by atoms with Crippen LogP contribution in [0.15, 0.2) is 0 Å². The van der Waals surface area contributed by atoms with Crippen LogP contribution in [0, 0.1) is 0 Å². The Morgan fingerprint density at radius 3 is 2.57 bits per heavy atom. The van der Waals surface area contributed by atoms with Gasteiger partial charge >= 0.3 is 0 Å². The SMILES string of the molecule is CCCCCNC(=O)CC(N)CCC. The van der Waals surface area contributed by atoms with Crippen molar-refractivity contribution in [1.29, 1.82) is 0 Å². The summed E-state index contributed by atoms with van der Waals surface area (Å²) in [6.45, 7) is 5.03. The van der Waals surface area contributed by atoms with Crippen molar-refractivity contribution in [3.63, 3.8) is 0 Å². The maximum Gasteiger partial charge on any atom is 0.221 e. The van der Waals surface area contributed by atoms with E-state index in [9.17, 15) is 4.79 Å². The van der Waals surface area contributed by atoms with Crippen molar-refractivity contribution in [2.45, 2.75) is 58.4 Å². The van der Waals surface area contributed by atoms with Gasteiger partial charge < -0.3 is 11.1 Å². The molecule has 0 fully saturated rings. The van der Waals surface area contributed by atoms with E-state index >= 15 is 0 Å². The molecule has 0 saturated heterocycles. The molecule has 0 aromatic carbocycles. The van der Waals surface area contributed by atoms with Crippen LogP contribution in [0.2, 0.25) is 0 Å². The second-order valence-electron chi connectivity index (χ2n) is 3.81. The average Bonchev–Trinajstić information content (AvgIpc) is 2.13. The van der Waals surface area contributed by atoms with Gasteiger partial charge in [0.15, 0.2) is 0 Å². The number of hydrogen-bond donors (Lipinski definition) is 2. The molecule has 3 nitrogen and oxygen atoms in total. The van der Waals surface area contributed by atoms with Crippen molar-refractivity contribution >= 4 is 5.91 Å². The van der Waals surface area contributed by atoms with Gasteiger partial charge in [0.1, 0.15) is 0 Å². The fourth-order valence-electron chi connectivity index (χ4n) is 1.39. The fraction of sp³-hybridized carbons (Fsp3) is 0.909. The molecule has 0 spiro atoms. The first-order valence-corrected chi connectivity index (χ1v) is 5.73. The van der Waals surface area contributed by atoms with Crippen molar-refractivity contribution in [3.8, 4) is 0 Å². The van der Waals surface area contributed by atoms with E-state index in [0.29, 0.717) is 6.42 Å². The van der Waals surface area contributed by atoms with Crippen molar-refractivity contribution in [3.05, 3.63) is 0 Å². The number of amides is 1. The molecular weight excluding hydrogens is 176 g/mol. The van der Waals surface area contributed by atoms with Crippen molar-refractivity contribution in [1.82, 2.24) is 5.32 Å². The van der Waals surface area contributed by atoms with Gasteiger partial charge in [-0.25, -0.2) is 0 Å². The van der Waals surface area contributed by atoms with Crippen LogP contribution in [0.3, 0.4) is 0 Å². The monoisotopic (exact) mass is 200 g/mol. The van der Waals surface area contributed by atoms with Crippen LogP contribution < -0.4 is 11.1 Å². The zero-order valence-electron chi connectivity index (χ0n) is 9.51. The maximum atomic E-state index is 11.3. The molecule has 3 heteroatoms. The van der Waals surface area contributed by atoms with E-state index in [2.05, 4.69) is 19.2 Å². The molecule has 1 amide bonds. The lowest BCUT2D eigenvalue weighted by molar-refractivity contribution is -0.121. The summed E-state index contributed by atoms with van der Waals surface area (Å²) in [6.07, 6.45) is 5.89. The summed E-state index contributed by atoms with van der Waals surface area (Å²) in [5.41, 5.74) is 5.75. The summed E-state index contributed by atoms with van der Waals surface area (Å²) in [5.74, 6) is 0.0991. The summed E-state index contributed by atoms with van der Waals surface area (Å²) in [7, 11) is 0. The molecule has 0 aromatic heterocycles. The van der Waals surface area contributed by atoms with Crippen LogP contribution in [0.4, 0.5) is 0 Å². The third-order valence-electron chi connectivity index (χ3n) is 2.21. The Balaban J connectivity index is 3.35. The predicted octanol–water partition coefficient (Wildman–Crippen LogP) is 1.81. The second kappa shape index (κ2) is 9.00. The Bertz CT molecular complexity index is 148. The Hall–Kier alpha value is -0.570. The highest BCUT2D eigenvalue weighted by atomic mass is 16.1. The molecule has 1 atom stereocenters. The fourth-order valence-corrected chi connectivity index (χ4v) is 1.39. The van der Waals surface area contributed by atoms with E-state index < -0.39 is 0 Å². The smallest absolute Gasteiger partial charge is 0.221 e. The van der Waals surface area contributed by atoms with E-state index in [1.54, 1.807) is 0 Å². The molecular formula is C11H24N2O. The molecule has 0 rings (SSSR count). The van der Waals surface area contributed by atoms with Crippen LogP contribution in [0.25, 0.3) is 0 Å². The van der Waals surface area contributed by atoms with Gasteiger partial charge in [-0.05, 0) is 12.8 Å². The van der Waals surface area contributed by atoms with E-state index in [4.69, 9.17) is 5.73 Å². The van der Waals surface area contributed by atoms with E-state index in [1.807, 2.05) is 0 Å². The van der Waals surface area contributed by atoms with Gasteiger partial charge in [-0.2, -0.15) is 0 Å². The molecule has 84 valence electrons. The molecule has 3 N–H and O–H groups in total. The van der Waals surface area contributed by atoms with Crippen LogP contribution >= 0.6 is 0 Å². The minimum Gasteiger partial charge on any atom is -0.356 e. The summed E-state index contributed by atoms with van der Waals surface area (Å²) >= 11 is 0. The highest BCUT2D eigenvalue weighted by molar-refractivity contribution is 5.76. The van der Waals surface area contributed by atoms with Gasteiger partial charge in [0.2, 0.25) is 5.91 Å². The minimum atomic E-state index is 0.0335. The highest BCUT2D eigenvalue weighted by Crippen LogP contribution is 1.98. The lowest BCUT2D eigenvalue weighted by Gasteiger charge is -2.10. The van der Waals surface area contributed by atoms with Crippen molar-refractivity contribution in [2.24, 2.45) is 5.73 Å². The number of carbonyl (C=O) groups is 1. The number of nitrogens with two attached hydrogens (primary N) is 1. The van der Waals surface area contributed by atoms with Crippen LogP contribution in [0.1, 0.15) is 52.4 Å². The zero-order valence-corrected chi connectivity index (χ0v) is 9.51. The Morgan fingerprint density at radius 2 is 2.00 bits per heavy atom. The van der Waals surface area contributed by atoms with E-state index in [0.717, 1.165) is 25.8 Å². The number of hydrogen-bond acceptors (Lipinski definition) is 2. The highest BCUT2D eigenvalue weighted by Gasteiger charge is 2.07. The van der Waals surface area contributed by atoms with Gasteiger partial charge in [-0.3, -0.25) is 4.79 Å². The number of carbonyl (C=O) groups excluding carboxylic acids is 1. The first-order valence-electron chi connectivity index (χ1n) is 5.73. The molecule has 0 heterocycles. The third kappa shape index (κ3) is 8.05. The van der Waals surface area contributed by atoms with Gasteiger partial charge in [0.25, 0.3) is 0 Å². The normalized spacial score (nSPS) is 12.5. The first-order chi connectivity index (χ1) is 6.70. The second-order valence-corrected chi connectivity index (χ2v) is 3.81.